The maximum atomic E-state index is 12.3. The summed E-state index contributed by atoms with van der Waals surface area (Å²) in [6.07, 6.45) is 0.815. The molecule has 1 N–H and O–H groups in total. The van der Waals surface area contributed by atoms with Crippen LogP contribution in [-0.2, 0) is 15.9 Å². The number of H-pyrrole nitrogens is 1. The van der Waals surface area contributed by atoms with Crippen molar-refractivity contribution in [2.45, 2.75) is 38.1 Å². The quantitative estimate of drug-likeness (QED) is 0.817. The molecule has 1 rings (SSSR count). The van der Waals surface area contributed by atoms with Crippen LogP contribution in [0.5, 0.6) is 0 Å². The highest BCUT2D eigenvalue weighted by Crippen LogP contribution is 2.21. The lowest BCUT2D eigenvalue weighted by Crippen LogP contribution is -2.29. The lowest BCUT2D eigenvalue weighted by molar-refractivity contribution is 0.426. The number of halogens is 1. The van der Waals surface area contributed by atoms with Crippen LogP contribution in [0.25, 0.3) is 0 Å². The molecule has 0 aliphatic heterocycles. The second-order valence-electron chi connectivity index (χ2n) is 4.78. The molecule has 1 aromatic heterocycles. The second kappa shape index (κ2) is 6.04. The molecule has 1 aromatic rings. The lowest BCUT2D eigenvalue weighted by atomic mass is 10.1. The molecule has 0 saturated heterocycles. The summed E-state index contributed by atoms with van der Waals surface area (Å²) in [7, 11) is -1.98. The first-order chi connectivity index (χ1) is 8.30. The van der Waals surface area contributed by atoms with Crippen molar-refractivity contribution < 1.29 is 8.42 Å². The van der Waals surface area contributed by atoms with E-state index in [0.717, 1.165) is 6.42 Å². The minimum absolute atomic E-state index is 0.0428. The molecule has 0 aliphatic rings. The normalized spacial score (nSPS) is 12.6. The molecular formula is C11H20ClN3O2S. The van der Waals surface area contributed by atoms with E-state index in [2.05, 4.69) is 24.0 Å². The summed E-state index contributed by atoms with van der Waals surface area (Å²) in [6.45, 7) is 6.36. The number of aromatic nitrogens is 2. The molecule has 104 valence electrons. The maximum absolute atomic E-state index is 12.3. The molecule has 1 heterocycles. The van der Waals surface area contributed by atoms with Gasteiger partial charge in [0.1, 0.15) is 0 Å². The van der Waals surface area contributed by atoms with Crippen molar-refractivity contribution in [3.05, 3.63) is 11.3 Å². The first-order valence-corrected chi connectivity index (χ1v) is 7.84. The summed E-state index contributed by atoms with van der Waals surface area (Å²) in [4.78, 5) is 0. The van der Waals surface area contributed by atoms with Crippen molar-refractivity contribution in [2.75, 3.05) is 13.6 Å². The first-order valence-electron chi connectivity index (χ1n) is 5.86. The first kappa shape index (κ1) is 15.5. The van der Waals surface area contributed by atoms with Crippen molar-refractivity contribution in [3.8, 4) is 0 Å². The highest BCUT2D eigenvalue weighted by molar-refractivity contribution is 7.89. The third-order valence-corrected chi connectivity index (χ3v) is 4.94. The Morgan fingerprint density at radius 3 is 2.56 bits per heavy atom. The molecule has 0 aliphatic carbocycles. The van der Waals surface area contributed by atoms with Crippen molar-refractivity contribution >= 4 is 21.6 Å². The molecule has 5 nitrogen and oxygen atoms in total. The van der Waals surface area contributed by atoms with Crippen LogP contribution in [0.3, 0.4) is 0 Å². The molecule has 0 amide bonds. The van der Waals surface area contributed by atoms with Crippen LogP contribution in [0.4, 0.5) is 0 Å². The zero-order valence-electron chi connectivity index (χ0n) is 11.2. The molecule has 0 aromatic carbocycles. The molecule has 0 fully saturated rings. The Kier molecular flexibility index (Phi) is 5.19. The van der Waals surface area contributed by atoms with E-state index in [4.69, 9.17) is 11.6 Å². The summed E-state index contributed by atoms with van der Waals surface area (Å²) in [6, 6.07) is 0. The average Bonchev–Trinajstić information content (AvgIpc) is 2.67. The number of sulfonamides is 1. The van der Waals surface area contributed by atoms with E-state index in [-0.39, 0.29) is 10.9 Å². The van der Waals surface area contributed by atoms with Crippen molar-refractivity contribution in [3.63, 3.8) is 0 Å². The summed E-state index contributed by atoms with van der Waals surface area (Å²) in [5, 5.41) is 6.58. The van der Waals surface area contributed by atoms with Crippen LogP contribution < -0.4 is 0 Å². The van der Waals surface area contributed by atoms with Crippen molar-refractivity contribution in [1.29, 1.82) is 0 Å². The number of hydrogen-bond acceptors (Lipinski definition) is 3. The van der Waals surface area contributed by atoms with Crippen LogP contribution in [0.15, 0.2) is 5.03 Å². The van der Waals surface area contributed by atoms with Crippen molar-refractivity contribution in [1.82, 2.24) is 14.5 Å². The molecule has 0 unspecified atom stereocenters. The van der Waals surface area contributed by atoms with Crippen LogP contribution in [0.2, 0.25) is 0 Å². The third kappa shape index (κ3) is 3.24. The summed E-state index contributed by atoms with van der Waals surface area (Å²) in [5.74, 6) is 0.589. The number of nitrogens with zero attached hydrogens (tertiary/aromatic N) is 2. The Bertz CT molecular complexity index is 496. The minimum Gasteiger partial charge on any atom is -0.281 e. The van der Waals surface area contributed by atoms with E-state index in [1.807, 2.05) is 0 Å². The van der Waals surface area contributed by atoms with Gasteiger partial charge in [-0.3, -0.25) is 5.10 Å². The number of aryl methyl sites for hydroxylation is 1. The van der Waals surface area contributed by atoms with Crippen LogP contribution in [0.1, 0.15) is 31.5 Å². The SMILES string of the molecule is Cc1[nH]nc(S(=O)(=O)N(C)CCC(C)C)c1CCl. The molecule has 7 heteroatoms. The van der Waals surface area contributed by atoms with Gasteiger partial charge >= 0.3 is 0 Å². The number of hydrogen-bond donors (Lipinski definition) is 1. The van der Waals surface area contributed by atoms with Gasteiger partial charge in [0.2, 0.25) is 0 Å². The van der Waals surface area contributed by atoms with Gasteiger partial charge < -0.3 is 0 Å². The van der Waals surface area contributed by atoms with Gasteiger partial charge in [-0.1, -0.05) is 13.8 Å². The Hall–Kier alpha value is -0.590. The fraction of sp³-hybridized carbons (Fsp3) is 0.727. The van der Waals surface area contributed by atoms with Crippen LogP contribution >= 0.6 is 11.6 Å². The minimum atomic E-state index is -3.55. The number of alkyl halides is 1. The second-order valence-corrected chi connectivity index (χ2v) is 7.00. The molecule has 0 bridgehead atoms. The fourth-order valence-electron chi connectivity index (χ4n) is 1.51. The smallest absolute Gasteiger partial charge is 0.262 e. The van der Waals surface area contributed by atoms with Gasteiger partial charge in [0.05, 0.1) is 5.88 Å². The topological polar surface area (TPSA) is 66.1 Å². The number of rotatable bonds is 6. The monoisotopic (exact) mass is 293 g/mol. The Morgan fingerprint density at radius 1 is 1.44 bits per heavy atom. The highest BCUT2D eigenvalue weighted by Gasteiger charge is 2.27. The van der Waals surface area contributed by atoms with E-state index >= 15 is 0 Å². The van der Waals surface area contributed by atoms with Gasteiger partial charge in [0.15, 0.2) is 5.03 Å². The maximum Gasteiger partial charge on any atom is 0.262 e. The molecule has 0 radical (unpaired) electrons. The van der Waals surface area contributed by atoms with Crippen molar-refractivity contribution in [2.24, 2.45) is 5.92 Å². The fourth-order valence-corrected chi connectivity index (χ4v) is 3.25. The summed E-state index contributed by atoms with van der Waals surface area (Å²) >= 11 is 5.77. The van der Waals surface area contributed by atoms with E-state index in [0.29, 0.717) is 23.7 Å². The summed E-state index contributed by atoms with van der Waals surface area (Å²) < 4.78 is 26.0. The molecule has 0 atom stereocenters. The van der Waals surface area contributed by atoms with E-state index in [9.17, 15) is 8.42 Å². The lowest BCUT2D eigenvalue weighted by Gasteiger charge is -2.17. The van der Waals surface area contributed by atoms with Gasteiger partial charge in [0.25, 0.3) is 10.0 Å². The zero-order valence-corrected chi connectivity index (χ0v) is 12.8. The summed E-state index contributed by atoms with van der Waals surface area (Å²) in [5.41, 5.74) is 1.24. The third-order valence-electron chi connectivity index (χ3n) is 2.85. The van der Waals surface area contributed by atoms with Gasteiger partial charge in [-0.25, -0.2) is 8.42 Å². The molecule has 18 heavy (non-hydrogen) atoms. The largest absolute Gasteiger partial charge is 0.281 e. The Balaban J connectivity index is 2.98. The zero-order chi connectivity index (χ0) is 13.9. The van der Waals surface area contributed by atoms with Gasteiger partial charge in [-0.2, -0.15) is 9.40 Å². The van der Waals surface area contributed by atoms with Crippen LogP contribution in [-0.4, -0.2) is 36.5 Å². The Morgan fingerprint density at radius 2 is 2.06 bits per heavy atom. The van der Waals surface area contributed by atoms with Gasteiger partial charge in [-0.05, 0) is 19.3 Å². The molecule has 0 saturated carbocycles. The predicted octanol–water partition coefficient (Wildman–Crippen LogP) is 2.12. The average molecular weight is 294 g/mol. The van der Waals surface area contributed by atoms with Gasteiger partial charge in [0, 0.05) is 24.8 Å². The van der Waals surface area contributed by atoms with Gasteiger partial charge in [-0.15, -0.1) is 11.6 Å². The standard InChI is InChI=1S/C11H20ClN3O2S/c1-8(2)5-6-15(4)18(16,17)11-10(7-12)9(3)13-14-11/h8H,5-7H2,1-4H3,(H,13,14). The Labute approximate surface area is 114 Å². The predicted molar refractivity (Wildman–Crippen MR) is 72.2 cm³/mol. The van der Waals surface area contributed by atoms with E-state index in [1.165, 1.54) is 4.31 Å². The number of aromatic amines is 1. The molecule has 0 spiro atoms. The van der Waals surface area contributed by atoms with Crippen LogP contribution in [0, 0.1) is 12.8 Å². The number of nitrogens with one attached hydrogen (secondary N) is 1. The van der Waals surface area contributed by atoms with E-state index in [1.54, 1.807) is 14.0 Å². The van der Waals surface area contributed by atoms with E-state index < -0.39 is 10.0 Å². The highest BCUT2D eigenvalue weighted by atomic mass is 35.5. The molecular weight excluding hydrogens is 274 g/mol.